The van der Waals surface area contributed by atoms with Crippen LogP contribution in [0, 0.1) is 27.7 Å². The van der Waals surface area contributed by atoms with E-state index in [9.17, 15) is 19.8 Å². The van der Waals surface area contributed by atoms with Gasteiger partial charge in [-0.25, -0.2) is 0 Å². The second-order valence-electron chi connectivity index (χ2n) is 10.6. The average Bonchev–Trinajstić information content (AvgIpc) is 3.59. The Morgan fingerprint density at radius 1 is 0.605 bits per heavy atom. The molecule has 0 saturated heterocycles. The predicted molar refractivity (Wildman–Crippen MR) is 169 cm³/mol. The first-order chi connectivity index (χ1) is 20.0. The zero-order valence-electron chi connectivity index (χ0n) is 24.7. The van der Waals surface area contributed by atoms with Gasteiger partial charge in [0, 0.05) is 12.8 Å². The van der Waals surface area contributed by atoms with E-state index in [0.717, 1.165) is 60.9 Å². The smallest absolute Gasteiger partial charge is 0.657 e. The van der Waals surface area contributed by atoms with Gasteiger partial charge in [-0.15, -0.1) is 44.2 Å². The van der Waals surface area contributed by atoms with Crippen LogP contribution in [0.1, 0.15) is 80.1 Å². The molecule has 4 aromatic rings. The van der Waals surface area contributed by atoms with Crippen LogP contribution in [0.2, 0.25) is 0 Å². The summed E-state index contributed by atoms with van der Waals surface area (Å²) in [4.78, 5) is 42.7. The maximum Gasteiger partial charge on any atom is 4.00 e. The SMILES string of the molecule is C=Cc1c2[n-]c(c1C)/C=c1\[n-]/c(c(C)c1C=C)=C\c1[n-]c(c(CCC(=O)O)c1C)C=c1[n-]/c(c(C)c1CCC(=O)O)=C\2.[Sn+4]. The number of hydrogen-bond acceptors (Lipinski definition) is 2. The van der Waals surface area contributed by atoms with E-state index in [4.69, 9.17) is 19.9 Å². The molecule has 0 saturated carbocycles. The summed E-state index contributed by atoms with van der Waals surface area (Å²) in [6.07, 6.45) is 11.7. The van der Waals surface area contributed by atoms with Gasteiger partial charge in [0.2, 0.25) is 0 Å². The normalized spacial score (nSPS) is 14.2. The number of carboxylic acids is 2. The maximum absolute atomic E-state index is 11.5. The van der Waals surface area contributed by atoms with E-state index >= 15 is 0 Å². The van der Waals surface area contributed by atoms with Gasteiger partial charge in [-0.2, -0.15) is 0 Å². The summed E-state index contributed by atoms with van der Waals surface area (Å²) in [5.74, 6) is -1.80. The van der Waals surface area contributed by atoms with Crippen LogP contribution in [0.3, 0.4) is 0 Å². The minimum Gasteiger partial charge on any atom is -0.657 e. The molecular weight excluding hydrogens is 647 g/mol. The predicted octanol–water partition coefficient (Wildman–Crippen LogP) is 1.32. The van der Waals surface area contributed by atoms with E-state index in [-0.39, 0.29) is 36.7 Å². The number of carbonyl (C=O) groups is 2. The Balaban J connectivity index is 0.00000423. The van der Waals surface area contributed by atoms with Gasteiger partial charge in [0.1, 0.15) is 0 Å². The maximum atomic E-state index is 11.5. The van der Waals surface area contributed by atoms with Gasteiger partial charge >= 0.3 is 35.8 Å². The third-order valence-electron chi connectivity index (χ3n) is 8.06. The van der Waals surface area contributed by atoms with Crippen LogP contribution in [0.4, 0.5) is 0 Å². The van der Waals surface area contributed by atoms with Crippen molar-refractivity contribution in [3.8, 4) is 0 Å². The van der Waals surface area contributed by atoms with Crippen LogP contribution in [-0.2, 0) is 22.4 Å². The van der Waals surface area contributed by atoms with Gasteiger partial charge in [0.15, 0.2) is 0 Å². The minimum atomic E-state index is -0.898. The van der Waals surface area contributed by atoms with E-state index in [2.05, 4.69) is 13.2 Å². The molecule has 2 N–H and O–H groups in total. The number of aliphatic carboxylic acids is 2. The van der Waals surface area contributed by atoms with Crippen LogP contribution in [0.15, 0.2) is 13.2 Å². The number of nitrogens with zero attached hydrogens (tertiary/aromatic N) is 4. The molecule has 8 bridgehead atoms. The van der Waals surface area contributed by atoms with Gasteiger partial charge in [0.05, 0.1) is 0 Å². The molecule has 0 spiro atoms. The largest absolute Gasteiger partial charge is 4.00 e. The Kier molecular flexibility index (Phi) is 9.29. The van der Waals surface area contributed by atoms with Crippen molar-refractivity contribution >= 4 is 72.3 Å². The van der Waals surface area contributed by atoms with Gasteiger partial charge in [0.25, 0.3) is 0 Å². The van der Waals surface area contributed by atoms with Gasteiger partial charge in [-0.1, -0.05) is 83.0 Å². The number of rotatable bonds is 8. The van der Waals surface area contributed by atoms with Crippen molar-refractivity contribution in [3.63, 3.8) is 0 Å². The van der Waals surface area contributed by atoms with Crippen molar-refractivity contribution < 1.29 is 19.8 Å². The number of fused-ring (bicyclic) bond motifs is 8. The van der Waals surface area contributed by atoms with Crippen molar-refractivity contribution in [3.05, 3.63) is 102 Å². The minimum absolute atomic E-state index is 0. The summed E-state index contributed by atoms with van der Waals surface area (Å²) in [7, 11) is 0. The van der Waals surface area contributed by atoms with E-state index in [1.165, 1.54) is 0 Å². The topological polar surface area (TPSA) is 131 Å². The van der Waals surface area contributed by atoms with Crippen molar-refractivity contribution in [2.45, 2.75) is 53.4 Å². The summed E-state index contributed by atoms with van der Waals surface area (Å²) in [5, 5.41) is 21.7. The van der Waals surface area contributed by atoms with E-state index in [1.54, 1.807) is 12.2 Å². The third kappa shape index (κ3) is 6.01. The standard InChI is InChI=1S/C34H32N4O4.Sn/c1-7-21-17(3)25-13-26-19(5)23(9-11-33(39)40)31(37-26)16-32-24(10-12-34(41)42)20(6)28(38-32)15-30-22(8-2)18(4)27(36-30)14-29(21)35-25;/h7-8,13-16H,1-2,9-12H2,3-6H3,(H,39,40)(H,41,42);/q-4;+4/b25-13-,26-13?,27-14?,28-15-,29-14-,30-15?,31-16?,32-16?;. The summed E-state index contributed by atoms with van der Waals surface area (Å²) in [6, 6.07) is 0. The molecule has 0 fully saturated rings. The molecule has 1 aliphatic heterocycles. The Hall–Kier alpha value is -4.18. The fourth-order valence-corrected chi connectivity index (χ4v) is 5.61. The monoisotopic (exact) mass is 680 g/mol. The van der Waals surface area contributed by atoms with Crippen LogP contribution in [0.5, 0.6) is 0 Å². The molecule has 8 nitrogen and oxygen atoms in total. The van der Waals surface area contributed by atoms with Gasteiger partial charge in [-0.05, 0) is 51.7 Å². The van der Waals surface area contributed by atoms with Crippen LogP contribution < -0.4 is 41.3 Å². The molecule has 5 heterocycles. The van der Waals surface area contributed by atoms with Crippen LogP contribution in [-0.4, -0.2) is 46.1 Å². The van der Waals surface area contributed by atoms with E-state index < -0.39 is 11.9 Å². The van der Waals surface area contributed by atoms with Gasteiger partial charge < -0.3 is 30.1 Å². The van der Waals surface area contributed by atoms with Crippen molar-refractivity contribution in [1.82, 2.24) is 19.9 Å². The molecular formula is C34H32N4O4Sn. The molecule has 0 radical (unpaired) electrons. The number of hydrogen-bond donors (Lipinski definition) is 2. The molecule has 1 aliphatic rings. The molecule has 216 valence electrons. The van der Waals surface area contributed by atoms with Crippen LogP contribution in [0.25, 0.3) is 36.5 Å². The average molecular weight is 679 g/mol. The Morgan fingerprint density at radius 3 is 1.72 bits per heavy atom. The molecule has 5 rings (SSSR count). The zero-order chi connectivity index (χ0) is 30.3. The second-order valence-corrected chi connectivity index (χ2v) is 10.6. The molecule has 43 heavy (non-hydrogen) atoms. The Morgan fingerprint density at radius 2 is 1.09 bits per heavy atom. The quantitative estimate of drug-likeness (QED) is 0.235. The summed E-state index contributed by atoms with van der Waals surface area (Å²) < 4.78 is 0. The summed E-state index contributed by atoms with van der Waals surface area (Å²) in [5.41, 5.74) is 9.84. The first kappa shape index (κ1) is 31.7. The van der Waals surface area contributed by atoms with Crippen molar-refractivity contribution in [2.24, 2.45) is 0 Å². The molecule has 0 aliphatic carbocycles. The summed E-state index contributed by atoms with van der Waals surface area (Å²) in [6.45, 7) is 15.9. The molecule has 9 heteroatoms. The Bertz CT molecular complexity index is 2030. The number of aromatic nitrogens is 4. The molecule has 0 amide bonds. The first-order valence-corrected chi connectivity index (χ1v) is 13.8. The molecule has 0 unspecified atom stereocenters. The second kappa shape index (κ2) is 12.6. The third-order valence-corrected chi connectivity index (χ3v) is 8.06. The fraction of sp³-hybridized carbons (Fsp3) is 0.235. The van der Waals surface area contributed by atoms with Crippen molar-refractivity contribution in [2.75, 3.05) is 0 Å². The molecule has 0 atom stereocenters. The zero-order valence-corrected chi connectivity index (χ0v) is 27.6. The number of carboxylic acid groups (broad SMARTS) is 2. The first-order valence-electron chi connectivity index (χ1n) is 13.8. The Labute approximate surface area is 266 Å². The van der Waals surface area contributed by atoms with E-state index in [1.807, 2.05) is 52.0 Å². The molecule has 4 aromatic heterocycles. The molecule has 0 aromatic carbocycles. The summed E-state index contributed by atoms with van der Waals surface area (Å²) >= 11 is 0. The van der Waals surface area contributed by atoms with Crippen LogP contribution >= 0.6 is 0 Å². The van der Waals surface area contributed by atoms with E-state index in [0.29, 0.717) is 40.6 Å². The van der Waals surface area contributed by atoms with Crippen molar-refractivity contribution in [1.29, 1.82) is 0 Å². The fourth-order valence-electron chi connectivity index (χ4n) is 5.61. The van der Waals surface area contributed by atoms with Gasteiger partial charge in [-0.3, -0.25) is 9.59 Å².